The maximum absolute atomic E-state index is 9.28. The maximum atomic E-state index is 9.28. The molecule has 15 heavy (non-hydrogen) atoms. The molecule has 88 valence electrons. The molecule has 5 nitrogen and oxygen atoms in total. The molecule has 2 N–H and O–H groups in total. The van der Waals surface area contributed by atoms with E-state index in [4.69, 9.17) is 14.2 Å². The Balaban J connectivity index is 2.17. The molecule has 3 unspecified atom stereocenters. The molecular weight excluding hydrogens is 200 g/mol. The summed E-state index contributed by atoms with van der Waals surface area (Å²) in [4.78, 5) is 0. The predicted molar refractivity (Wildman–Crippen MR) is 51.0 cm³/mol. The third-order valence-corrected chi connectivity index (χ3v) is 3.30. The van der Waals surface area contributed by atoms with E-state index in [2.05, 4.69) is 0 Å². The fourth-order valence-electron chi connectivity index (χ4n) is 2.24. The summed E-state index contributed by atoms with van der Waals surface area (Å²) in [6, 6.07) is 0. The summed E-state index contributed by atoms with van der Waals surface area (Å²) in [7, 11) is 0. The average Bonchev–Trinajstić information content (AvgIpc) is 2.59. The Morgan fingerprint density at radius 2 is 1.67 bits per heavy atom. The smallest absolute Gasteiger partial charge is 0.188 e. The summed E-state index contributed by atoms with van der Waals surface area (Å²) in [5, 5.41) is 18.6. The highest BCUT2D eigenvalue weighted by Crippen LogP contribution is 2.45. The highest BCUT2D eigenvalue weighted by molar-refractivity contribution is 5.00. The van der Waals surface area contributed by atoms with Gasteiger partial charge in [-0.2, -0.15) is 0 Å². The van der Waals surface area contributed by atoms with Crippen LogP contribution in [-0.2, 0) is 14.2 Å². The van der Waals surface area contributed by atoms with Crippen molar-refractivity contribution < 1.29 is 24.4 Å². The van der Waals surface area contributed by atoms with Crippen molar-refractivity contribution in [2.24, 2.45) is 5.92 Å². The monoisotopic (exact) mass is 218 g/mol. The summed E-state index contributed by atoms with van der Waals surface area (Å²) in [6.07, 6.45) is -0.714. The Labute approximate surface area is 88.9 Å². The zero-order chi connectivity index (χ0) is 11.3. The fraction of sp³-hybridized carbons (Fsp3) is 1.00. The van der Waals surface area contributed by atoms with Gasteiger partial charge in [0.1, 0.15) is 11.7 Å². The number of hydrogen-bond donors (Lipinski definition) is 2. The van der Waals surface area contributed by atoms with Gasteiger partial charge in [-0.25, -0.2) is 0 Å². The molecule has 0 aromatic carbocycles. The third-order valence-electron chi connectivity index (χ3n) is 3.30. The summed E-state index contributed by atoms with van der Waals surface area (Å²) in [5.74, 6) is -0.750. The van der Waals surface area contributed by atoms with Gasteiger partial charge in [-0.15, -0.1) is 0 Å². The number of rotatable bonds is 2. The minimum atomic E-state index is -0.939. The molecule has 2 aliphatic rings. The second-order valence-electron chi connectivity index (χ2n) is 4.76. The van der Waals surface area contributed by atoms with Crippen LogP contribution < -0.4 is 0 Å². The lowest BCUT2D eigenvalue weighted by Gasteiger charge is -2.31. The molecule has 5 heteroatoms. The Morgan fingerprint density at radius 3 is 2.13 bits per heavy atom. The Hall–Kier alpha value is -0.200. The minimum Gasteiger partial charge on any atom is -0.393 e. The molecule has 0 aromatic rings. The second kappa shape index (κ2) is 3.40. The zero-order valence-electron chi connectivity index (χ0n) is 9.27. The topological polar surface area (TPSA) is 68.2 Å². The Bertz CT molecular complexity index is 248. The molecule has 3 atom stereocenters. The van der Waals surface area contributed by atoms with Gasteiger partial charge in [0.05, 0.1) is 13.2 Å². The molecule has 2 aliphatic heterocycles. The van der Waals surface area contributed by atoms with Crippen molar-refractivity contribution in [3.05, 3.63) is 0 Å². The van der Waals surface area contributed by atoms with Crippen LogP contribution in [0.25, 0.3) is 0 Å². The van der Waals surface area contributed by atoms with Gasteiger partial charge in [-0.3, -0.25) is 0 Å². The molecule has 0 bridgehead atoms. The standard InChI is InChI=1S/C10H18O5/c1-6-7-8(14-9(2,3)13-7)15-10(6,4-11)5-12/h6-8,11-12H,4-5H2,1-3H3. The minimum absolute atomic E-state index is 0.0979. The van der Waals surface area contributed by atoms with E-state index >= 15 is 0 Å². The van der Waals surface area contributed by atoms with Crippen molar-refractivity contribution in [1.29, 1.82) is 0 Å². The molecule has 2 saturated heterocycles. The zero-order valence-corrected chi connectivity index (χ0v) is 9.27. The van der Waals surface area contributed by atoms with E-state index in [1.54, 1.807) is 0 Å². The van der Waals surface area contributed by atoms with Crippen LogP contribution >= 0.6 is 0 Å². The lowest BCUT2D eigenvalue weighted by molar-refractivity contribution is -0.244. The van der Waals surface area contributed by atoms with E-state index in [1.165, 1.54) is 0 Å². The van der Waals surface area contributed by atoms with E-state index in [0.29, 0.717) is 0 Å². The second-order valence-corrected chi connectivity index (χ2v) is 4.76. The van der Waals surface area contributed by atoms with Crippen LogP contribution in [-0.4, -0.2) is 47.2 Å². The highest BCUT2D eigenvalue weighted by Gasteiger charge is 2.59. The summed E-state index contributed by atoms with van der Waals surface area (Å²) < 4.78 is 16.8. The fourth-order valence-corrected chi connectivity index (χ4v) is 2.24. The van der Waals surface area contributed by atoms with Gasteiger partial charge in [0.25, 0.3) is 0 Å². The number of hydrogen-bond acceptors (Lipinski definition) is 5. The van der Waals surface area contributed by atoms with Crippen molar-refractivity contribution in [2.75, 3.05) is 13.2 Å². The summed E-state index contributed by atoms with van der Waals surface area (Å²) in [5.41, 5.74) is -0.939. The van der Waals surface area contributed by atoms with Crippen molar-refractivity contribution in [3.8, 4) is 0 Å². The third kappa shape index (κ3) is 1.59. The van der Waals surface area contributed by atoms with Crippen LogP contribution in [0.1, 0.15) is 20.8 Å². The predicted octanol–water partition coefficient (Wildman–Crippen LogP) is -0.146. The SMILES string of the molecule is CC1C2OC(C)(C)OC2OC1(CO)CO. The van der Waals surface area contributed by atoms with Crippen molar-refractivity contribution in [2.45, 2.75) is 44.6 Å². The van der Waals surface area contributed by atoms with Crippen molar-refractivity contribution >= 4 is 0 Å². The van der Waals surface area contributed by atoms with Crippen LogP contribution in [0.5, 0.6) is 0 Å². The number of fused-ring (bicyclic) bond motifs is 1. The normalized spacial score (nSPS) is 41.8. The van der Waals surface area contributed by atoms with Crippen LogP contribution in [0.15, 0.2) is 0 Å². The number of aliphatic hydroxyl groups is 2. The van der Waals surface area contributed by atoms with Gasteiger partial charge >= 0.3 is 0 Å². The van der Waals surface area contributed by atoms with E-state index in [1.807, 2.05) is 20.8 Å². The van der Waals surface area contributed by atoms with Gasteiger partial charge in [0, 0.05) is 5.92 Å². The Kier molecular flexibility index (Phi) is 2.56. The number of ether oxygens (including phenoxy) is 3. The maximum Gasteiger partial charge on any atom is 0.188 e. The molecule has 2 rings (SSSR count). The molecular formula is C10H18O5. The summed E-state index contributed by atoms with van der Waals surface area (Å²) >= 11 is 0. The largest absolute Gasteiger partial charge is 0.393 e. The van der Waals surface area contributed by atoms with Crippen LogP contribution in [0.2, 0.25) is 0 Å². The molecule has 0 aliphatic carbocycles. The van der Waals surface area contributed by atoms with Crippen LogP contribution in [0.3, 0.4) is 0 Å². The quantitative estimate of drug-likeness (QED) is 0.675. The Morgan fingerprint density at radius 1 is 1.07 bits per heavy atom. The van der Waals surface area contributed by atoms with Crippen molar-refractivity contribution in [1.82, 2.24) is 0 Å². The van der Waals surface area contributed by atoms with Crippen LogP contribution in [0, 0.1) is 5.92 Å². The van der Waals surface area contributed by atoms with Crippen LogP contribution in [0.4, 0.5) is 0 Å². The van der Waals surface area contributed by atoms with Gasteiger partial charge in [0.15, 0.2) is 12.1 Å². The first-order valence-corrected chi connectivity index (χ1v) is 5.19. The van der Waals surface area contributed by atoms with Crippen molar-refractivity contribution in [3.63, 3.8) is 0 Å². The van der Waals surface area contributed by atoms with Gasteiger partial charge < -0.3 is 24.4 Å². The highest BCUT2D eigenvalue weighted by atomic mass is 16.8. The van der Waals surface area contributed by atoms with E-state index in [-0.39, 0.29) is 25.2 Å². The first-order valence-electron chi connectivity index (χ1n) is 5.19. The molecule has 0 aromatic heterocycles. The molecule has 2 heterocycles. The van der Waals surface area contributed by atoms with E-state index < -0.39 is 17.7 Å². The molecule has 0 spiro atoms. The first kappa shape index (κ1) is 11.3. The van der Waals surface area contributed by atoms with E-state index in [0.717, 1.165) is 0 Å². The van der Waals surface area contributed by atoms with Gasteiger partial charge in [-0.1, -0.05) is 6.92 Å². The van der Waals surface area contributed by atoms with E-state index in [9.17, 15) is 10.2 Å². The molecule has 0 radical (unpaired) electrons. The average molecular weight is 218 g/mol. The lowest BCUT2D eigenvalue weighted by Crippen LogP contribution is -2.45. The lowest BCUT2D eigenvalue weighted by atomic mass is 9.88. The molecule has 0 amide bonds. The molecule has 0 saturated carbocycles. The molecule has 2 fully saturated rings. The first-order chi connectivity index (χ1) is 6.94. The summed E-state index contributed by atoms with van der Waals surface area (Å²) in [6.45, 7) is 5.07. The van der Waals surface area contributed by atoms with Gasteiger partial charge in [0.2, 0.25) is 0 Å². The van der Waals surface area contributed by atoms with Gasteiger partial charge in [-0.05, 0) is 13.8 Å². The number of aliphatic hydroxyl groups excluding tert-OH is 2.